The molecule has 1 amide bonds. The monoisotopic (exact) mass is 268 g/mol. The molecule has 1 atom stereocenters. The molecule has 0 radical (unpaired) electrons. The van der Waals surface area contributed by atoms with E-state index in [1.807, 2.05) is 0 Å². The topological polar surface area (TPSA) is 50.4 Å². The summed E-state index contributed by atoms with van der Waals surface area (Å²) >= 11 is 0. The van der Waals surface area contributed by atoms with Gasteiger partial charge in [-0.1, -0.05) is 19.8 Å². The standard InChI is InChI=1S/C15H28N2O2/c1-2-15(8-5-9-16-12-15)14(18)17-10-11-19-13-6-3-4-7-13/h13,16H,2-12H2,1H3,(H,17,18). The highest BCUT2D eigenvalue weighted by Crippen LogP contribution is 2.30. The molecule has 110 valence electrons. The highest BCUT2D eigenvalue weighted by molar-refractivity contribution is 5.83. The summed E-state index contributed by atoms with van der Waals surface area (Å²) in [7, 11) is 0. The van der Waals surface area contributed by atoms with Gasteiger partial charge in [0.25, 0.3) is 0 Å². The Morgan fingerprint density at radius 1 is 1.37 bits per heavy atom. The first-order valence-corrected chi connectivity index (χ1v) is 7.87. The molecule has 0 bridgehead atoms. The van der Waals surface area contributed by atoms with Gasteiger partial charge < -0.3 is 15.4 Å². The molecule has 2 aliphatic rings. The number of amides is 1. The molecule has 1 saturated carbocycles. The smallest absolute Gasteiger partial charge is 0.227 e. The zero-order valence-corrected chi connectivity index (χ0v) is 12.2. The van der Waals surface area contributed by atoms with E-state index >= 15 is 0 Å². The molecular weight excluding hydrogens is 240 g/mol. The number of rotatable bonds is 6. The summed E-state index contributed by atoms with van der Waals surface area (Å²) in [6, 6.07) is 0. The average Bonchev–Trinajstić information content (AvgIpc) is 2.97. The van der Waals surface area contributed by atoms with Gasteiger partial charge >= 0.3 is 0 Å². The predicted molar refractivity (Wildman–Crippen MR) is 76.0 cm³/mol. The molecule has 1 saturated heterocycles. The number of piperidine rings is 1. The fourth-order valence-electron chi connectivity index (χ4n) is 3.26. The summed E-state index contributed by atoms with van der Waals surface area (Å²) in [4.78, 5) is 12.3. The van der Waals surface area contributed by atoms with E-state index in [0.29, 0.717) is 19.3 Å². The van der Waals surface area contributed by atoms with Crippen molar-refractivity contribution in [1.82, 2.24) is 10.6 Å². The Hall–Kier alpha value is -0.610. The highest BCUT2D eigenvalue weighted by atomic mass is 16.5. The summed E-state index contributed by atoms with van der Waals surface area (Å²) in [6.45, 7) is 5.28. The number of carbonyl (C=O) groups excluding carboxylic acids is 1. The molecule has 2 N–H and O–H groups in total. The molecule has 0 spiro atoms. The lowest BCUT2D eigenvalue weighted by molar-refractivity contribution is -0.132. The van der Waals surface area contributed by atoms with Gasteiger partial charge in [-0.05, 0) is 38.6 Å². The second-order valence-corrected chi connectivity index (χ2v) is 5.95. The van der Waals surface area contributed by atoms with Crippen molar-refractivity contribution in [2.24, 2.45) is 5.41 Å². The van der Waals surface area contributed by atoms with E-state index in [2.05, 4.69) is 17.6 Å². The fraction of sp³-hybridized carbons (Fsp3) is 0.933. The maximum atomic E-state index is 12.3. The van der Waals surface area contributed by atoms with Crippen LogP contribution in [0.1, 0.15) is 51.9 Å². The summed E-state index contributed by atoms with van der Waals surface area (Å²) in [5.41, 5.74) is -0.189. The third-order valence-electron chi connectivity index (χ3n) is 4.67. The van der Waals surface area contributed by atoms with Crippen LogP contribution in [0.3, 0.4) is 0 Å². The van der Waals surface area contributed by atoms with E-state index < -0.39 is 0 Å². The lowest BCUT2D eigenvalue weighted by Crippen LogP contribution is -2.50. The molecule has 0 aromatic rings. The van der Waals surface area contributed by atoms with E-state index in [0.717, 1.165) is 32.4 Å². The van der Waals surface area contributed by atoms with Gasteiger partial charge in [-0.3, -0.25) is 4.79 Å². The number of ether oxygens (including phenoxy) is 1. The van der Waals surface area contributed by atoms with Gasteiger partial charge in [0.15, 0.2) is 0 Å². The van der Waals surface area contributed by atoms with Crippen molar-refractivity contribution in [2.75, 3.05) is 26.2 Å². The van der Waals surface area contributed by atoms with Gasteiger partial charge in [0.05, 0.1) is 18.1 Å². The SMILES string of the molecule is CCC1(C(=O)NCCOC2CCCC2)CCCNC1. The molecule has 1 aliphatic heterocycles. The van der Waals surface area contributed by atoms with Crippen LogP contribution in [-0.2, 0) is 9.53 Å². The molecule has 4 nitrogen and oxygen atoms in total. The Morgan fingerprint density at radius 3 is 2.79 bits per heavy atom. The van der Waals surface area contributed by atoms with Crippen LogP contribution < -0.4 is 10.6 Å². The van der Waals surface area contributed by atoms with Gasteiger partial charge in [0, 0.05) is 13.1 Å². The maximum Gasteiger partial charge on any atom is 0.227 e. The zero-order chi connectivity index (χ0) is 13.6. The maximum absolute atomic E-state index is 12.3. The first-order valence-electron chi connectivity index (χ1n) is 7.87. The Morgan fingerprint density at radius 2 is 2.16 bits per heavy atom. The van der Waals surface area contributed by atoms with Crippen LogP contribution in [0.25, 0.3) is 0 Å². The second kappa shape index (κ2) is 7.25. The van der Waals surface area contributed by atoms with Crippen molar-refractivity contribution < 1.29 is 9.53 Å². The number of nitrogens with one attached hydrogen (secondary N) is 2. The molecule has 19 heavy (non-hydrogen) atoms. The average molecular weight is 268 g/mol. The number of hydrogen-bond acceptors (Lipinski definition) is 3. The Kier molecular flexibility index (Phi) is 5.64. The normalized spacial score (nSPS) is 28.5. The van der Waals surface area contributed by atoms with Gasteiger partial charge in [0.1, 0.15) is 0 Å². The molecule has 1 unspecified atom stereocenters. The van der Waals surface area contributed by atoms with Crippen LogP contribution in [0.5, 0.6) is 0 Å². The van der Waals surface area contributed by atoms with Crippen molar-refractivity contribution in [1.29, 1.82) is 0 Å². The zero-order valence-electron chi connectivity index (χ0n) is 12.2. The Labute approximate surface area is 116 Å². The van der Waals surface area contributed by atoms with Crippen LogP contribution in [-0.4, -0.2) is 38.3 Å². The van der Waals surface area contributed by atoms with E-state index in [1.165, 1.54) is 25.7 Å². The van der Waals surface area contributed by atoms with E-state index in [4.69, 9.17) is 4.74 Å². The molecule has 1 aliphatic carbocycles. The van der Waals surface area contributed by atoms with Crippen LogP contribution in [0.2, 0.25) is 0 Å². The fourth-order valence-corrected chi connectivity index (χ4v) is 3.26. The minimum atomic E-state index is -0.189. The minimum absolute atomic E-state index is 0.189. The summed E-state index contributed by atoms with van der Waals surface area (Å²) in [6.07, 6.45) is 8.42. The molecule has 2 fully saturated rings. The summed E-state index contributed by atoms with van der Waals surface area (Å²) in [5.74, 6) is 0.206. The quantitative estimate of drug-likeness (QED) is 0.723. The molecule has 2 rings (SSSR count). The third kappa shape index (κ3) is 3.93. The summed E-state index contributed by atoms with van der Waals surface area (Å²) < 4.78 is 5.78. The van der Waals surface area contributed by atoms with E-state index in [9.17, 15) is 4.79 Å². The molecular formula is C15H28N2O2. The van der Waals surface area contributed by atoms with Gasteiger partial charge in [0.2, 0.25) is 5.91 Å². The lowest BCUT2D eigenvalue weighted by atomic mass is 9.77. The van der Waals surface area contributed by atoms with Gasteiger partial charge in [-0.25, -0.2) is 0 Å². The van der Waals surface area contributed by atoms with E-state index in [1.54, 1.807) is 0 Å². The third-order valence-corrected chi connectivity index (χ3v) is 4.67. The number of hydrogen-bond donors (Lipinski definition) is 2. The molecule has 1 heterocycles. The number of carbonyl (C=O) groups is 1. The molecule has 4 heteroatoms. The second-order valence-electron chi connectivity index (χ2n) is 5.95. The Balaban J connectivity index is 1.67. The lowest BCUT2D eigenvalue weighted by Gasteiger charge is -2.35. The Bertz CT molecular complexity index is 282. The first kappa shape index (κ1) is 14.8. The summed E-state index contributed by atoms with van der Waals surface area (Å²) in [5, 5.41) is 6.41. The van der Waals surface area contributed by atoms with Crippen LogP contribution in [0, 0.1) is 5.41 Å². The van der Waals surface area contributed by atoms with Crippen LogP contribution >= 0.6 is 0 Å². The minimum Gasteiger partial charge on any atom is -0.376 e. The van der Waals surface area contributed by atoms with E-state index in [-0.39, 0.29) is 11.3 Å². The van der Waals surface area contributed by atoms with Crippen molar-refractivity contribution in [3.05, 3.63) is 0 Å². The highest BCUT2D eigenvalue weighted by Gasteiger charge is 2.37. The predicted octanol–water partition coefficient (Wildman–Crippen LogP) is 1.84. The van der Waals surface area contributed by atoms with Gasteiger partial charge in [-0.15, -0.1) is 0 Å². The van der Waals surface area contributed by atoms with Crippen molar-refractivity contribution >= 4 is 5.91 Å². The van der Waals surface area contributed by atoms with Crippen molar-refractivity contribution in [3.63, 3.8) is 0 Å². The largest absolute Gasteiger partial charge is 0.376 e. The van der Waals surface area contributed by atoms with Crippen molar-refractivity contribution in [2.45, 2.75) is 58.0 Å². The van der Waals surface area contributed by atoms with Crippen molar-refractivity contribution in [3.8, 4) is 0 Å². The van der Waals surface area contributed by atoms with Crippen LogP contribution in [0.4, 0.5) is 0 Å². The molecule has 0 aromatic heterocycles. The van der Waals surface area contributed by atoms with Gasteiger partial charge in [-0.2, -0.15) is 0 Å². The first-order chi connectivity index (χ1) is 9.27. The van der Waals surface area contributed by atoms with Crippen LogP contribution in [0.15, 0.2) is 0 Å². The molecule has 0 aromatic carbocycles.